The van der Waals surface area contributed by atoms with Gasteiger partial charge in [-0.1, -0.05) is 19.4 Å². The molecule has 9 nitrogen and oxygen atoms in total. The molecule has 0 radical (unpaired) electrons. The number of aliphatic hydroxyl groups excluding tert-OH is 2. The van der Waals surface area contributed by atoms with Crippen molar-refractivity contribution in [2.24, 2.45) is 11.8 Å². The summed E-state index contributed by atoms with van der Waals surface area (Å²) in [5, 5.41) is 22.6. The first kappa shape index (κ1) is 25.9. The maximum absolute atomic E-state index is 10.9. The van der Waals surface area contributed by atoms with E-state index in [9.17, 15) is 10.2 Å². The van der Waals surface area contributed by atoms with Gasteiger partial charge < -0.3 is 30.4 Å². The van der Waals surface area contributed by atoms with Gasteiger partial charge in [-0.05, 0) is 80.7 Å². The Hall–Kier alpha value is -3.01. The lowest BCUT2D eigenvalue weighted by Crippen LogP contribution is -2.46. The number of fused-ring (bicyclic) bond motifs is 2. The molecule has 5 N–H and O–H groups in total. The first-order chi connectivity index (χ1) is 19.3. The molecule has 4 atom stereocenters. The van der Waals surface area contributed by atoms with Gasteiger partial charge in [-0.2, -0.15) is 0 Å². The van der Waals surface area contributed by atoms with Crippen LogP contribution < -0.4 is 5.73 Å². The number of nitrogen functional groups attached to an aromatic ring is 1. The summed E-state index contributed by atoms with van der Waals surface area (Å²) in [4.78, 5) is 19.3. The second-order valence-electron chi connectivity index (χ2n) is 13.1. The molecule has 4 unspecified atom stereocenters. The molecule has 40 heavy (non-hydrogen) atoms. The third-order valence-electron chi connectivity index (χ3n) is 10.5. The number of nitrogens with zero attached hydrogens (tertiary/aromatic N) is 5. The van der Waals surface area contributed by atoms with E-state index in [-0.39, 0.29) is 12.0 Å². The summed E-state index contributed by atoms with van der Waals surface area (Å²) in [6.45, 7) is 3.15. The van der Waals surface area contributed by atoms with Gasteiger partial charge in [-0.25, -0.2) is 15.0 Å². The number of aromatic amines is 1. The van der Waals surface area contributed by atoms with Gasteiger partial charge in [-0.15, -0.1) is 0 Å². The number of hydrogen-bond acceptors (Lipinski definition) is 7. The molecule has 0 saturated heterocycles. The Bertz CT molecular complexity index is 1520. The van der Waals surface area contributed by atoms with Crippen LogP contribution in [0.1, 0.15) is 69.3 Å². The summed E-state index contributed by atoms with van der Waals surface area (Å²) in [6, 6.07) is 8.96. The summed E-state index contributed by atoms with van der Waals surface area (Å²) in [5.41, 5.74) is 10.7. The van der Waals surface area contributed by atoms with Gasteiger partial charge in [0.05, 0.1) is 28.6 Å². The second-order valence-corrected chi connectivity index (χ2v) is 13.1. The number of imidazole rings is 1. The number of aryl methyl sites for hydroxylation is 1. The van der Waals surface area contributed by atoms with E-state index in [1.807, 2.05) is 16.8 Å². The first-order valence-corrected chi connectivity index (χ1v) is 14.9. The molecule has 212 valence electrons. The fourth-order valence-electron chi connectivity index (χ4n) is 7.52. The molecule has 3 heterocycles. The topological polar surface area (TPSA) is 129 Å². The average Bonchev–Trinajstić information content (AvgIpc) is 3.58. The van der Waals surface area contributed by atoms with E-state index in [1.54, 1.807) is 0 Å². The number of benzene rings is 1. The zero-order valence-electron chi connectivity index (χ0n) is 23.5. The van der Waals surface area contributed by atoms with Crippen molar-refractivity contribution in [2.45, 2.75) is 88.0 Å². The summed E-state index contributed by atoms with van der Waals surface area (Å²) >= 11 is 0. The Kier molecular flexibility index (Phi) is 6.36. The predicted molar refractivity (Wildman–Crippen MR) is 156 cm³/mol. The summed E-state index contributed by atoms with van der Waals surface area (Å²) < 4.78 is 1.95. The third kappa shape index (κ3) is 4.39. The predicted octanol–water partition coefficient (Wildman–Crippen LogP) is 3.96. The molecule has 0 spiro atoms. The van der Waals surface area contributed by atoms with Crippen molar-refractivity contribution in [3.63, 3.8) is 0 Å². The van der Waals surface area contributed by atoms with Crippen LogP contribution in [0.3, 0.4) is 0 Å². The Morgan fingerprint density at radius 1 is 1.12 bits per heavy atom. The van der Waals surface area contributed by atoms with Gasteiger partial charge in [0.1, 0.15) is 29.7 Å². The molecule has 3 aliphatic carbocycles. The number of aliphatic hydroxyl groups is 2. The molecular weight excluding hydrogens is 502 g/mol. The molecule has 3 fully saturated rings. The minimum Gasteiger partial charge on any atom is -0.390 e. The lowest BCUT2D eigenvalue weighted by molar-refractivity contribution is -0.00658. The maximum atomic E-state index is 10.9. The van der Waals surface area contributed by atoms with Crippen molar-refractivity contribution in [2.75, 3.05) is 19.3 Å². The molecule has 0 bridgehead atoms. The Balaban J connectivity index is 0.917. The minimum atomic E-state index is -0.837. The van der Waals surface area contributed by atoms with Gasteiger partial charge in [0.2, 0.25) is 0 Å². The number of hydrogen-bond donors (Lipinski definition) is 4. The minimum absolute atomic E-state index is 0.00307. The van der Waals surface area contributed by atoms with E-state index in [1.165, 1.54) is 44.0 Å². The monoisotopic (exact) mass is 543 g/mol. The van der Waals surface area contributed by atoms with Crippen LogP contribution in [-0.4, -0.2) is 71.5 Å². The molecule has 3 saturated carbocycles. The lowest BCUT2D eigenvalue weighted by atomic mass is 9.66. The number of nitrogens with one attached hydrogen (secondary N) is 1. The van der Waals surface area contributed by atoms with Crippen LogP contribution >= 0.6 is 0 Å². The highest BCUT2D eigenvalue weighted by molar-refractivity contribution is 5.86. The molecule has 3 aliphatic rings. The SMILES string of the molecule is CN(CC1CC(n2ccc3c(N)ncnc32)C(O)C1O)C1CC(CCc2nc3cc(C4(C)CCC4)ccc3[nH]2)C1. The number of anilines is 1. The first-order valence-electron chi connectivity index (χ1n) is 14.9. The second kappa shape index (κ2) is 9.82. The quantitative estimate of drug-likeness (QED) is 0.265. The molecule has 1 aromatic carbocycles. The highest BCUT2D eigenvalue weighted by Crippen LogP contribution is 2.44. The van der Waals surface area contributed by atoms with Crippen LogP contribution in [-0.2, 0) is 11.8 Å². The smallest absolute Gasteiger partial charge is 0.145 e. The van der Waals surface area contributed by atoms with Crippen LogP contribution in [0.15, 0.2) is 36.8 Å². The number of nitrogens with two attached hydrogens (primary N) is 1. The van der Waals surface area contributed by atoms with Gasteiger partial charge in [-0.3, -0.25) is 0 Å². The van der Waals surface area contributed by atoms with Gasteiger partial charge in [0.25, 0.3) is 0 Å². The van der Waals surface area contributed by atoms with E-state index in [0.29, 0.717) is 35.3 Å². The molecule has 4 aromatic rings. The van der Waals surface area contributed by atoms with Crippen molar-refractivity contribution in [3.8, 4) is 0 Å². The number of H-pyrrole nitrogens is 1. The van der Waals surface area contributed by atoms with E-state index >= 15 is 0 Å². The molecule has 0 amide bonds. The highest BCUT2D eigenvalue weighted by atomic mass is 16.3. The van der Waals surface area contributed by atoms with Crippen LogP contribution in [0.25, 0.3) is 22.1 Å². The normalized spacial score (nSPS) is 29.7. The summed E-state index contributed by atoms with van der Waals surface area (Å²) in [5.74, 6) is 2.23. The van der Waals surface area contributed by atoms with Gasteiger partial charge in [0, 0.05) is 31.1 Å². The van der Waals surface area contributed by atoms with Crippen LogP contribution in [0.5, 0.6) is 0 Å². The van der Waals surface area contributed by atoms with Crippen LogP contribution in [0.2, 0.25) is 0 Å². The molecule has 7 rings (SSSR count). The Morgan fingerprint density at radius 2 is 1.95 bits per heavy atom. The molecule has 3 aromatic heterocycles. The summed E-state index contributed by atoms with van der Waals surface area (Å²) in [6.07, 6.45) is 10.8. The van der Waals surface area contributed by atoms with Crippen LogP contribution in [0.4, 0.5) is 5.82 Å². The van der Waals surface area contributed by atoms with Crippen molar-refractivity contribution in [1.29, 1.82) is 0 Å². The van der Waals surface area contributed by atoms with Gasteiger partial charge >= 0.3 is 0 Å². The van der Waals surface area contributed by atoms with E-state index in [4.69, 9.17) is 10.7 Å². The average molecular weight is 544 g/mol. The largest absolute Gasteiger partial charge is 0.390 e. The highest BCUT2D eigenvalue weighted by Gasteiger charge is 2.44. The zero-order valence-corrected chi connectivity index (χ0v) is 23.5. The number of aromatic nitrogens is 5. The summed E-state index contributed by atoms with van der Waals surface area (Å²) in [7, 11) is 2.16. The van der Waals surface area contributed by atoms with E-state index in [2.05, 4.69) is 52.0 Å². The molecular formula is C31H41N7O2. The molecule has 9 heteroatoms. The van der Waals surface area contributed by atoms with E-state index in [0.717, 1.165) is 41.6 Å². The number of rotatable bonds is 8. The third-order valence-corrected chi connectivity index (χ3v) is 10.5. The van der Waals surface area contributed by atoms with Crippen molar-refractivity contribution in [3.05, 3.63) is 48.2 Å². The van der Waals surface area contributed by atoms with Gasteiger partial charge in [0.15, 0.2) is 0 Å². The van der Waals surface area contributed by atoms with Crippen molar-refractivity contribution < 1.29 is 10.2 Å². The molecule has 0 aliphatic heterocycles. The Morgan fingerprint density at radius 3 is 2.73 bits per heavy atom. The standard InChI is InChI=1S/C31H41N7O2/c1-31(9-3-10-31)20-5-6-23-24(15-20)36-26(35-23)7-4-18-12-21(13-18)37(2)16-19-14-25(28(40)27(19)39)38-11-8-22-29(32)33-17-34-30(22)38/h5-6,8,11,15,17-19,21,25,27-28,39-40H,3-4,7,9-10,12-14,16H2,1-2H3,(H,35,36)(H2,32,33,34). The van der Waals surface area contributed by atoms with Crippen molar-refractivity contribution in [1.82, 2.24) is 29.4 Å². The fraction of sp³-hybridized carbons (Fsp3) is 0.581. The van der Waals surface area contributed by atoms with Crippen LogP contribution in [0, 0.1) is 11.8 Å². The maximum Gasteiger partial charge on any atom is 0.145 e. The lowest BCUT2D eigenvalue weighted by Gasteiger charge is -2.42. The van der Waals surface area contributed by atoms with E-state index < -0.39 is 12.2 Å². The fourth-order valence-corrected chi connectivity index (χ4v) is 7.52. The van der Waals surface area contributed by atoms with Crippen molar-refractivity contribution >= 4 is 27.9 Å². The Labute approximate surface area is 234 Å². The zero-order chi connectivity index (χ0) is 27.6.